The van der Waals surface area contributed by atoms with E-state index in [1.807, 2.05) is 12.1 Å². The van der Waals surface area contributed by atoms with Crippen LogP contribution in [0.2, 0.25) is 5.02 Å². The molecule has 22 heavy (non-hydrogen) atoms. The summed E-state index contributed by atoms with van der Waals surface area (Å²) in [5.74, 6) is 0.425. The van der Waals surface area contributed by atoms with E-state index in [9.17, 15) is 9.59 Å². The zero-order valence-corrected chi connectivity index (χ0v) is 12.8. The summed E-state index contributed by atoms with van der Waals surface area (Å²) in [6.07, 6.45) is 0. The van der Waals surface area contributed by atoms with Gasteiger partial charge in [-0.15, -0.1) is 0 Å². The number of benzene rings is 2. The number of nitrogens with zero attached hydrogens (tertiary/aromatic N) is 1. The Hall–Kier alpha value is -2.33. The number of rotatable bonds is 3. The Kier molecular flexibility index (Phi) is 3.86. The molecule has 1 aliphatic rings. The van der Waals surface area contributed by atoms with E-state index in [-0.39, 0.29) is 18.3 Å². The third-order valence-corrected chi connectivity index (χ3v) is 3.81. The van der Waals surface area contributed by atoms with Crippen LogP contribution in [0.5, 0.6) is 5.75 Å². The van der Waals surface area contributed by atoms with Crippen molar-refractivity contribution >= 4 is 29.0 Å². The first-order valence-corrected chi connectivity index (χ1v) is 7.25. The number of amides is 1. The highest BCUT2D eigenvalue weighted by atomic mass is 35.5. The van der Waals surface area contributed by atoms with Gasteiger partial charge in [0.25, 0.3) is 5.91 Å². The molecular formula is C17H14ClNO3. The topological polar surface area (TPSA) is 46.6 Å². The molecule has 0 radical (unpaired) electrons. The Morgan fingerprint density at radius 3 is 2.64 bits per heavy atom. The van der Waals surface area contributed by atoms with Crippen LogP contribution in [-0.4, -0.2) is 18.3 Å². The molecule has 1 heterocycles. The fourth-order valence-corrected chi connectivity index (χ4v) is 2.49. The number of carbonyl (C=O) groups is 2. The standard InChI is InChI=1S/C17H14ClNO3/c1-11(20)13-4-7-16-15(8-13)19(17(21)10-22-16)9-12-2-5-14(18)6-3-12/h2-8H,9-10H2,1H3. The monoisotopic (exact) mass is 315 g/mol. The molecular weight excluding hydrogens is 302 g/mol. The molecule has 3 rings (SSSR count). The van der Waals surface area contributed by atoms with Gasteiger partial charge in [0, 0.05) is 10.6 Å². The summed E-state index contributed by atoms with van der Waals surface area (Å²) in [6.45, 7) is 1.91. The smallest absolute Gasteiger partial charge is 0.265 e. The summed E-state index contributed by atoms with van der Waals surface area (Å²) in [5, 5.41) is 0.649. The van der Waals surface area contributed by atoms with Gasteiger partial charge >= 0.3 is 0 Å². The number of fused-ring (bicyclic) bond motifs is 1. The molecule has 0 fully saturated rings. The maximum Gasteiger partial charge on any atom is 0.265 e. The highest BCUT2D eigenvalue weighted by Gasteiger charge is 2.26. The van der Waals surface area contributed by atoms with Gasteiger partial charge in [-0.2, -0.15) is 0 Å². The van der Waals surface area contributed by atoms with Crippen LogP contribution in [0, 0.1) is 0 Å². The molecule has 112 valence electrons. The first-order valence-electron chi connectivity index (χ1n) is 6.87. The van der Waals surface area contributed by atoms with E-state index in [0.717, 1.165) is 5.56 Å². The van der Waals surface area contributed by atoms with E-state index in [2.05, 4.69) is 0 Å². The lowest BCUT2D eigenvalue weighted by atomic mass is 10.1. The van der Waals surface area contributed by atoms with Crippen molar-refractivity contribution in [2.75, 3.05) is 11.5 Å². The number of hydrogen-bond acceptors (Lipinski definition) is 3. The highest BCUT2D eigenvalue weighted by Crippen LogP contribution is 2.34. The first kappa shape index (κ1) is 14.6. The Morgan fingerprint density at radius 1 is 1.23 bits per heavy atom. The molecule has 0 aliphatic carbocycles. The van der Waals surface area contributed by atoms with Gasteiger partial charge in [-0.05, 0) is 42.8 Å². The first-order chi connectivity index (χ1) is 10.5. The maximum absolute atomic E-state index is 12.2. The number of carbonyl (C=O) groups excluding carboxylic acids is 2. The predicted octanol–water partition coefficient (Wildman–Crippen LogP) is 3.47. The maximum atomic E-state index is 12.2. The van der Waals surface area contributed by atoms with Gasteiger partial charge in [-0.3, -0.25) is 9.59 Å². The number of anilines is 1. The lowest BCUT2D eigenvalue weighted by Gasteiger charge is -2.29. The molecule has 0 spiro atoms. The van der Waals surface area contributed by atoms with E-state index in [1.165, 1.54) is 6.92 Å². The van der Waals surface area contributed by atoms with Gasteiger partial charge in [0.1, 0.15) is 5.75 Å². The summed E-state index contributed by atoms with van der Waals surface area (Å²) in [7, 11) is 0. The van der Waals surface area contributed by atoms with E-state index < -0.39 is 0 Å². The summed E-state index contributed by atoms with van der Waals surface area (Å²) in [6, 6.07) is 12.5. The molecule has 0 N–H and O–H groups in total. The highest BCUT2D eigenvalue weighted by molar-refractivity contribution is 6.30. The van der Waals surface area contributed by atoms with Crippen molar-refractivity contribution in [3.63, 3.8) is 0 Å². The Balaban J connectivity index is 1.97. The lowest BCUT2D eigenvalue weighted by Crippen LogP contribution is -2.38. The fourth-order valence-electron chi connectivity index (χ4n) is 2.37. The normalized spacial score (nSPS) is 13.5. The molecule has 0 unspecified atom stereocenters. The summed E-state index contributed by atoms with van der Waals surface area (Å²) in [5.41, 5.74) is 2.14. The van der Waals surface area contributed by atoms with Crippen LogP contribution in [0.3, 0.4) is 0 Å². The van der Waals surface area contributed by atoms with Crippen LogP contribution in [0.4, 0.5) is 5.69 Å². The van der Waals surface area contributed by atoms with Crippen molar-refractivity contribution in [2.24, 2.45) is 0 Å². The fraction of sp³-hybridized carbons (Fsp3) is 0.176. The minimum absolute atomic E-state index is 0.00000778. The number of ether oxygens (including phenoxy) is 1. The van der Waals surface area contributed by atoms with E-state index >= 15 is 0 Å². The number of Topliss-reactive ketones (excluding diaryl/α,β-unsaturated/α-hetero) is 1. The Labute approximate surface area is 133 Å². The van der Waals surface area contributed by atoms with Crippen molar-refractivity contribution in [2.45, 2.75) is 13.5 Å². The van der Waals surface area contributed by atoms with Crippen LogP contribution in [0.25, 0.3) is 0 Å². The van der Waals surface area contributed by atoms with Crippen molar-refractivity contribution in [3.05, 3.63) is 58.6 Å². The second-order valence-corrected chi connectivity index (χ2v) is 5.57. The van der Waals surface area contributed by atoms with Gasteiger partial charge < -0.3 is 9.64 Å². The molecule has 4 nitrogen and oxygen atoms in total. The number of halogens is 1. The minimum atomic E-state index is -0.136. The molecule has 1 amide bonds. The average Bonchev–Trinajstić information content (AvgIpc) is 2.51. The van der Waals surface area contributed by atoms with Crippen molar-refractivity contribution in [1.29, 1.82) is 0 Å². The molecule has 2 aromatic carbocycles. The molecule has 2 aromatic rings. The van der Waals surface area contributed by atoms with Crippen molar-refractivity contribution in [3.8, 4) is 5.75 Å². The number of ketones is 1. The Morgan fingerprint density at radius 2 is 1.95 bits per heavy atom. The second kappa shape index (κ2) is 5.81. The van der Waals surface area contributed by atoms with Crippen LogP contribution in [0.1, 0.15) is 22.8 Å². The number of hydrogen-bond donors (Lipinski definition) is 0. The largest absolute Gasteiger partial charge is 0.482 e. The average molecular weight is 316 g/mol. The SMILES string of the molecule is CC(=O)c1ccc2c(c1)N(Cc1ccc(Cl)cc1)C(=O)CO2. The molecule has 0 atom stereocenters. The molecule has 0 saturated heterocycles. The van der Waals surface area contributed by atoms with Gasteiger partial charge in [0.2, 0.25) is 0 Å². The van der Waals surface area contributed by atoms with Crippen molar-refractivity contribution in [1.82, 2.24) is 0 Å². The zero-order valence-electron chi connectivity index (χ0n) is 12.0. The van der Waals surface area contributed by atoms with Crippen molar-refractivity contribution < 1.29 is 14.3 Å². The van der Waals surface area contributed by atoms with Crippen LogP contribution in [-0.2, 0) is 11.3 Å². The van der Waals surface area contributed by atoms with Gasteiger partial charge in [0.15, 0.2) is 12.4 Å². The summed E-state index contributed by atoms with van der Waals surface area (Å²) < 4.78 is 5.43. The van der Waals surface area contributed by atoms with Gasteiger partial charge in [0.05, 0.1) is 12.2 Å². The molecule has 0 aromatic heterocycles. The van der Waals surface area contributed by atoms with Gasteiger partial charge in [-0.25, -0.2) is 0 Å². The van der Waals surface area contributed by atoms with Crippen LogP contribution in [0.15, 0.2) is 42.5 Å². The zero-order chi connectivity index (χ0) is 15.7. The third-order valence-electron chi connectivity index (χ3n) is 3.56. The molecule has 0 bridgehead atoms. The van der Waals surface area contributed by atoms with E-state index in [1.54, 1.807) is 35.2 Å². The quantitative estimate of drug-likeness (QED) is 0.815. The summed E-state index contributed by atoms with van der Waals surface area (Å²) in [4.78, 5) is 25.4. The van der Waals surface area contributed by atoms with Crippen LogP contribution < -0.4 is 9.64 Å². The van der Waals surface area contributed by atoms with Crippen LogP contribution >= 0.6 is 11.6 Å². The minimum Gasteiger partial charge on any atom is -0.482 e. The van der Waals surface area contributed by atoms with E-state index in [0.29, 0.717) is 28.6 Å². The molecule has 0 saturated carbocycles. The van der Waals surface area contributed by atoms with E-state index in [4.69, 9.17) is 16.3 Å². The molecule has 5 heteroatoms. The lowest BCUT2D eigenvalue weighted by molar-refractivity contribution is -0.121. The van der Waals surface area contributed by atoms with Gasteiger partial charge in [-0.1, -0.05) is 23.7 Å². The second-order valence-electron chi connectivity index (χ2n) is 5.13. The predicted molar refractivity (Wildman–Crippen MR) is 84.6 cm³/mol. The summed E-state index contributed by atoms with van der Waals surface area (Å²) >= 11 is 5.88. The Bertz CT molecular complexity index is 740. The molecule has 1 aliphatic heterocycles. The third kappa shape index (κ3) is 2.83.